The molecule has 144 valence electrons. The second kappa shape index (κ2) is 8.34. The first kappa shape index (κ1) is 19.1. The van der Waals surface area contributed by atoms with Gasteiger partial charge in [0.05, 0.1) is 24.6 Å². The summed E-state index contributed by atoms with van der Waals surface area (Å²) in [6.45, 7) is 3.61. The van der Waals surface area contributed by atoms with Gasteiger partial charge in [0.1, 0.15) is 17.5 Å². The first-order chi connectivity index (χ1) is 13.6. The van der Waals surface area contributed by atoms with Crippen LogP contribution < -0.4 is 5.73 Å². The summed E-state index contributed by atoms with van der Waals surface area (Å²) in [4.78, 5) is 34.1. The van der Waals surface area contributed by atoms with Gasteiger partial charge in [-0.25, -0.2) is 19.6 Å². The average molecular weight is 380 g/mol. The van der Waals surface area contributed by atoms with Crippen LogP contribution in [0.2, 0.25) is 0 Å². The van der Waals surface area contributed by atoms with Gasteiger partial charge in [0, 0.05) is 18.0 Å². The first-order valence-corrected chi connectivity index (χ1v) is 8.79. The molecule has 28 heavy (non-hydrogen) atoms. The van der Waals surface area contributed by atoms with Crippen molar-refractivity contribution < 1.29 is 19.1 Å². The van der Waals surface area contributed by atoms with Gasteiger partial charge in [-0.3, -0.25) is 4.57 Å². The highest BCUT2D eigenvalue weighted by Gasteiger charge is 2.30. The summed E-state index contributed by atoms with van der Waals surface area (Å²) < 4.78 is 11.9. The topological polar surface area (TPSA) is 109 Å². The summed E-state index contributed by atoms with van der Waals surface area (Å²) >= 11 is 0. The van der Waals surface area contributed by atoms with Gasteiger partial charge < -0.3 is 15.2 Å². The lowest BCUT2D eigenvalue weighted by Crippen LogP contribution is -2.21. The Hall–Kier alpha value is -3.68. The van der Waals surface area contributed by atoms with Crippen LogP contribution in [0.15, 0.2) is 49.1 Å². The molecule has 3 aromatic rings. The van der Waals surface area contributed by atoms with Crippen molar-refractivity contribution in [2.24, 2.45) is 0 Å². The van der Waals surface area contributed by atoms with Gasteiger partial charge in [-0.15, -0.1) is 0 Å². The Kier molecular flexibility index (Phi) is 5.69. The Balaban J connectivity index is 2.37. The molecule has 0 saturated carbocycles. The molecule has 0 bridgehead atoms. The maximum Gasteiger partial charge on any atom is 0.342 e. The first-order valence-electron chi connectivity index (χ1n) is 8.79. The monoisotopic (exact) mass is 380 g/mol. The molecule has 0 spiro atoms. The summed E-state index contributed by atoms with van der Waals surface area (Å²) in [6, 6.07) is 9.15. The molecular weight excluding hydrogens is 360 g/mol. The van der Waals surface area contributed by atoms with Crippen LogP contribution in [0.1, 0.15) is 34.6 Å². The third-order valence-electron chi connectivity index (χ3n) is 3.97. The molecule has 0 unspecified atom stereocenters. The number of imidazole rings is 1. The summed E-state index contributed by atoms with van der Waals surface area (Å²) in [5, 5.41) is 0. The van der Waals surface area contributed by atoms with Crippen LogP contribution in [0, 0.1) is 0 Å². The molecular formula is C20H20N4O4. The van der Waals surface area contributed by atoms with E-state index in [-0.39, 0.29) is 35.8 Å². The Labute approximate surface area is 161 Å². The molecule has 0 aliphatic heterocycles. The summed E-state index contributed by atoms with van der Waals surface area (Å²) in [6.07, 6.45) is 4.63. The number of carbonyl (C=O) groups excluding carboxylic acids is 2. The van der Waals surface area contributed by atoms with Crippen LogP contribution in [0.5, 0.6) is 0 Å². The second-order valence-corrected chi connectivity index (χ2v) is 5.72. The van der Waals surface area contributed by atoms with E-state index in [1.165, 1.54) is 10.9 Å². The molecule has 0 atom stereocenters. The number of hydrogen-bond acceptors (Lipinski definition) is 7. The number of aromatic nitrogens is 3. The molecule has 0 radical (unpaired) electrons. The van der Waals surface area contributed by atoms with E-state index in [1.54, 1.807) is 26.2 Å². The van der Waals surface area contributed by atoms with Gasteiger partial charge in [0.25, 0.3) is 0 Å². The fraction of sp³-hybridized carbons (Fsp3) is 0.200. The maximum atomic E-state index is 12.7. The third kappa shape index (κ3) is 3.57. The van der Waals surface area contributed by atoms with Gasteiger partial charge in [0.15, 0.2) is 5.82 Å². The lowest BCUT2D eigenvalue weighted by Gasteiger charge is -2.18. The molecule has 3 rings (SSSR count). The summed E-state index contributed by atoms with van der Waals surface area (Å²) in [7, 11) is 0. The Morgan fingerprint density at radius 1 is 1.04 bits per heavy atom. The van der Waals surface area contributed by atoms with Crippen molar-refractivity contribution in [1.29, 1.82) is 0 Å². The number of esters is 2. The van der Waals surface area contributed by atoms with Crippen molar-refractivity contribution in [1.82, 2.24) is 14.5 Å². The fourth-order valence-electron chi connectivity index (χ4n) is 2.79. The fourth-order valence-corrected chi connectivity index (χ4v) is 2.79. The van der Waals surface area contributed by atoms with Crippen molar-refractivity contribution in [2.75, 3.05) is 18.9 Å². The minimum atomic E-state index is -0.719. The number of benzene rings is 1. The Bertz CT molecular complexity index is 985. The number of rotatable bonds is 6. The predicted octanol–water partition coefficient (Wildman–Crippen LogP) is 2.87. The van der Waals surface area contributed by atoms with Crippen molar-refractivity contribution in [3.05, 3.63) is 60.2 Å². The normalized spacial score (nSPS) is 10.5. The van der Waals surface area contributed by atoms with Crippen molar-refractivity contribution in [3.63, 3.8) is 0 Å². The van der Waals surface area contributed by atoms with Crippen LogP contribution in [0.3, 0.4) is 0 Å². The van der Waals surface area contributed by atoms with E-state index in [2.05, 4.69) is 9.97 Å². The average Bonchev–Trinajstić information content (AvgIpc) is 3.23. The SMILES string of the molecule is CCOC(=O)c1c(-n2ccnc2)nc(-c2ccccc2)c(N)c1C(=O)OCC. The zero-order valence-corrected chi connectivity index (χ0v) is 15.6. The number of nitrogens with zero attached hydrogens (tertiary/aromatic N) is 3. The van der Waals surface area contributed by atoms with Crippen molar-refractivity contribution in [2.45, 2.75) is 13.8 Å². The van der Waals surface area contributed by atoms with Crippen LogP contribution in [0.4, 0.5) is 5.69 Å². The molecule has 0 fully saturated rings. The molecule has 8 nitrogen and oxygen atoms in total. The lowest BCUT2D eigenvalue weighted by atomic mass is 10.0. The minimum absolute atomic E-state index is 0.0524. The predicted molar refractivity (Wildman–Crippen MR) is 103 cm³/mol. The van der Waals surface area contributed by atoms with Gasteiger partial charge in [-0.2, -0.15) is 0 Å². The van der Waals surface area contributed by atoms with E-state index in [4.69, 9.17) is 15.2 Å². The minimum Gasteiger partial charge on any atom is -0.462 e. The van der Waals surface area contributed by atoms with E-state index < -0.39 is 11.9 Å². The van der Waals surface area contributed by atoms with Gasteiger partial charge in [-0.1, -0.05) is 30.3 Å². The van der Waals surface area contributed by atoms with E-state index in [1.807, 2.05) is 30.3 Å². The number of hydrogen-bond donors (Lipinski definition) is 1. The molecule has 2 N–H and O–H groups in total. The highest BCUT2D eigenvalue weighted by Crippen LogP contribution is 2.33. The molecule has 2 heterocycles. The number of pyridine rings is 1. The zero-order chi connectivity index (χ0) is 20.1. The molecule has 1 aromatic carbocycles. The summed E-state index contributed by atoms with van der Waals surface area (Å²) in [5.74, 6) is -1.25. The second-order valence-electron chi connectivity index (χ2n) is 5.72. The Morgan fingerprint density at radius 3 is 2.25 bits per heavy atom. The summed E-state index contributed by atoms with van der Waals surface area (Å²) in [5.41, 5.74) is 7.29. The zero-order valence-electron chi connectivity index (χ0n) is 15.6. The van der Waals surface area contributed by atoms with Crippen molar-refractivity contribution >= 4 is 17.6 Å². The highest BCUT2D eigenvalue weighted by atomic mass is 16.5. The van der Waals surface area contributed by atoms with Gasteiger partial charge >= 0.3 is 11.9 Å². The lowest BCUT2D eigenvalue weighted by molar-refractivity contribution is 0.0479. The highest BCUT2D eigenvalue weighted by molar-refractivity contribution is 6.10. The molecule has 0 amide bonds. The standard InChI is InChI=1S/C20H20N4O4/c1-3-27-19(25)14-15(20(26)28-4-2)18(24-11-10-22-12-24)23-17(16(14)21)13-8-6-5-7-9-13/h5-12H,3-4,21H2,1-2H3. The van der Waals surface area contributed by atoms with E-state index in [0.29, 0.717) is 11.3 Å². The van der Waals surface area contributed by atoms with Crippen molar-refractivity contribution in [3.8, 4) is 17.1 Å². The van der Waals surface area contributed by atoms with Gasteiger partial charge in [0.2, 0.25) is 0 Å². The molecule has 0 aliphatic rings. The largest absolute Gasteiger partial charge is 0.462 e. The maximum absolute atomic E-state index is 12.7. The quantitative estimate of drug-likeness (QED) is 0.655. The molecule has 0 saturated heterocycles. The number of nitrogen functional groups attached to an aromatic ring is 1. The smallest absolute Gasteiger partial charge is 0.342 e. The van der Waals surface area contributed by atoms with Crippen LogP contribution in [-0.2, 0) is 9.47 Å². The van der Waals surface area contributed by atoms with E-state index >= 15 is 0 Å². The van der Waals surface area contributed by atoms with Crippen LogP contribution in [-0.4, -0.2) is 39.7 Å². The molecule has 8 heteroatoms. The molecule has 0 aliphatic carbocycles. The van der Waals surface area contributed by atoms with Gasteiger partial charge in [-0.05, 0) is 13.8 Å². The molecule has 2 aromatic heterocycles. The Morgan fingerprint density at radius 2 is 1.68 bits per heavy atom. The number of nitrogens with two attached hydrogens (primary N) is 1. The van der Waals surface area contributed by atoms with E-state index in [9.17, 15) is 9.59 Å². The number of carbonyl (C=O) groups is 2. The number of anilines is 1. The third-order valence-corrected chi connectivity index (χ3v) is 3.97. The van der Waals surface area contributed by atoms with Crippen LogP contribution in [0.25, 0.3) is 17.1 Å². The van der Waals surface area contributed by atoms with E-state index in [0.717, 1.165) is 0 Å². The van der Waals surface area contributed by atoms with Crippen LogP contribution >= 0.6 is 0 Å². The number of ether oxygens (including phenoxy) is 2.